The van der Waals surface area contributed by atoms with Gasteiger partial charge < -0.3 is 4.18 Å². The molecule has 7 nitrogen and oxygen atoms in total. The summed E-state index contributed by atoms with van der Waals surface area (Å²) in [6.07, 6.45) is 1.78. The van der Waals surface area contributed by atoms with Gasteiger partial charge in [0.15, 0.2) is 0 Å². The Kier molecular flexibility index (Phi) is 3.61. The Morgan fingerprint density at radius 1 is 1.00 bits per heavy atom. The third-order valence-corrected chi connectivity index (χ3v) is 3.30. The Bertz CT molecular complexity index is 874. The lowest BCUT2D eigenvalue weighted by Crippen LogP contribution is -2.18. The fourth-order valence-electron chi connectivity index (χ4n) is 1.92. The van der Waals surface area contributed by atoms with Gasteiger partial charge in [-0.1, -0.05) is 23.4 Å². The van der Waals surface area contributed by atoms with Crippen molar-refractivity contribution in [1.29, 1.82) is 0 Å². The Morgan fingerprint density at radius 2 is 1.68 bits per heavy atom. The molecule has 0 atom stereocenters. The zero-order valence-electron chi connectivity index (χ0n) is 11.3. The Hall–Kier alpha value is -2.71. The summed E-state index contributed by atoms with van der Waals surface area (Å²) >= 11 is 0. The molecule has 1 heterocycles. The van der Waals surface area contributed by atoms with Crippen LogP contribution in [-0.2, 0) is 10.3 Å². The Balaban J connectivity index is 1.85. The lowest BCUT2D eigenvalue weighted by molar-refractivity contribution is 0.488. The van der Waals surface area contributed by atoms with Gasteiger partial charge >= 0.3 is 10.3 Å². The van der Waals surface area contributed by atoms with Gasteiger partial charge in [0.25, 0.3) is 0 Å². The van der Waals surface area contributed by atoms with Gasteiger partial charge in [-0.15, -0.1) is 5.10 Å². The summed E-state index contributed by atoms with van der Waals surface area (Å²) < 4.78 is 27.9. The smallest absolute Gasteiger partial charge is 0.371 e. The molecule has 3 aromatic rings. The van der Waals surface area contributed by atoms with Gasteiger partial charge in [0, 0.05) is 5.56 Å². The van der Waals surface area contributed by atoms with Crippen molar-refractivity contribution in [3.63, 3.8) is 0 Å². The first-order valence-corrected chi connectivity index (χ1v) is 7.79. The van der Waals surface area contributed by atoms with E-state index in [4.69, 9.17) is 5.14 Å². The molecule has 0 amide bonds. The predicted octanol–water partition coefficient (Wildman–Crippen LogP) is 1.52. The topological polar surface area (TPSA) is 100 Å². The molecule has 8 heteroatoms. The first kappa shape index (κ1) is 14.2. The summed E-state index contributed by atoms with van der Waals surface area (Å²) in [7, 11) is -4.02. The van der Waals surface area contributed by atoms with Gasteiger partial charge in [0.2, 0.25) is 0 Å². The van der Waals surface area contributed by atoms with Crippen molar-refractivity contribution in [1.82, 2.24) is 15.0 Å². The fraction of sp³-hybridized carbons (Fsp3) is 0. The van der Waals surface area contributed by atoms with Crippen molar-refractivity contribution in [3.05, 3.63) is 60.8 Å². The van der Waals surface area contributed by atoms with Crippen LogP contribution in [0.4, 0.5) is 0 Å². The molecule has 0 saturated heterocycles. The molecule has 0 fully saturated rings. The maximum atomic E-state index is 10.8. The van der Waals surface area contributed by atoms with E-state index in [2.05, 4.69) is 14.5 Å². The van der Waals surface area contributed by atoms with Crippen molar-refractivity contribution < 1.29 is 12.6 Å². The van der Waals surface area contributed by atoms with Gasteiger partial charge in [0.1, 0.15) is 11.4 Å². The highest BCUT2D eigenvalue weighted by atomic mass is 32.2. The number of rotatable bonds is 4. The van der Waals surface area contributed by atoms with Crippen LogP contribution in [0.5, 0.6) is 5.75 Å². The molecule has 2 N–H and O–H groups in total. The minimum atomic E-state index is -4.02. The molecule has 3 rings (SSSR count). The summed E-state index contributed by atoms with van der Waals surface area (Å²) in [5.41, 5.74) is 2.34. The number of benzene rings is 2. The third-order valence-electron chi connectivity index (χ3n) is 2.88. The average Bonchev–Trinajstić information content (AvgIpc) is 2.97. The van der Waals surface area contributed by atoms with Crippen LogP contribution in [0.3, 0.4) is 0 Å². The normalized spacial score (nSPS) is 11.3. The molecule has 0 unspecified atom stereocenters. The van der Waals surface area contributed by atoms with E-state index in [1.165, 1.54) is 12.1 Å². The number of hydrogen-bond acceptors (Lipinski definition) is 5. The van der Waals surface area contributed by atoms with Gasteiger partial charge in [-0.25, -0.2) is 4.68 Å². The van der Waals surface area contributed by atoms with Gasteiger partial charge in [0.05, 0.1) is 11.9 Å². The first-order chi connectivity index (χ1) is 10.5. The van der Waals surface area contributed by atoms with E-state index in [1.54, 1.807) is 23.0 Å². The lowest BCUT2D eigenvalue weighted by atomic mass is 10.2. The minimum absolute atomic E-state index is 0.140. The van der Waals surface area contributed by atoms with E-state index in [-0.39, 0.29) is 5.75 Å². The first-order valence-electron chi connectivity index (χ1n) is 6.32. The molecule has 22 heavy (non-hydrogen) atoms. The number of nitrogens with zero attached hydrogens (tertiary/aromatic N) is 3. The largest absolute Gasteiger partial charge is 0.380 e. The molecule has 1 aromatic heterocycles. The SMILES string of the molecule is NS(=O)(=O)Oc1ccc(-c2cn(-c3ccccc3)nn2)cc1. The molecule has 0 spiro atoms. The highest BCUT2D eigenvalue weighted by molar-refractivity contribution is 7.84. The van der Waals surface area contributed by atoms with Crippen LogP contribution < -0.4 is 9.32 Å². The van der Waals surface area contributed by atoms with Crippen molar-refractivity contribution in [2.45, 2.75) is 0 Å². The summed E-state index contributed by atoms with van der Waals surface area (Å²) in [5, 5.41) is 13.0. The molecule has 0 bridgehead atoms. The van der Waals surface area contributed by atoms with E-state index < -0.39 is 10.3 Å². The number of hydrogen-bond donors (Lipinski definition) is 1. The number of aromatic nitrogens is 3. The summed E-state index contributed by atoms with van der Waals surface area (Å²) in [5.74, 6) is 0.140. The molecule has 112 valence electrons. The van der Waals surface area contributed by atoms with Crippen molar-refractivity contribution >= 4 is 10.3 Å². The van der Waals surface area contributed by atoms with Crippen molar-refractivity contribution in [3.8, 4) is 22.7 Å². The molecule has 0 aliphatic heterocycles. The maximum absolute atomic E-state index is 10.8. The Labute approximate surface area is 127 Å². The zero-order valence-corrected chi connectivity index (χ0v) is 12.1. The molecule has 0 saturated carbocycles. The van der Waals surface area contributed by atoms with E-state index in [1.807, 2.05) is 30.3 Å². The van der Waals surface area contributed by atoms with Gasteiger partial charge in [-0.05, 0) is 36.4 Å². The van der Waals surface area contributed by atoms with Crippen LogP contribution in [0, 0.1) is 0 Å². The van der Waals surface area contributed by atoms with Gasteiger partial charge in [-0.3, -0.25) is 0 Å². The third kappa shape index (κ3) is 3.30. The highest BCUT2D eigenvalue weighted by Gasteiger charge is 2.08. The second-order valence-corrected chi connectivity index (χ2v) is 5.64. The van der Waals surface area contributed by atoms with Crippen LogP contribution in [-0.4, -0.2) is 23.4 Å². The minimum Gasteiger partial charge on any atom is -0.371 e. The van der Waals surface area contributed by atoms with E-state index in [0.29, 0.717) is 5.69 Å². The van der Waals surface area contributed by atoms with E-state index >= 15 is 0 Å². The molecule has 0 radical (unpaired) electrons. The standard InChI is InChI=1S/C14H12N4O3S/c15-22(19,20)21-13-8-6-11(7-9-13)14-10-18(17-16-14)12-4-2-1-3-5-12/h1-10H,(H2,15,19,20). The quantitative estimate of drug-likeness (QED) is 0.786. The second kappa shape index (κ2) is 5.58. The Morgan fingerprint density at radius 3 is 2.32 bits per heavy atom. The monoisotopic (exact) mass is 316 g/mol. The lowest BCUT2D eigenvalue weighted by Gasteiger charge is -2.02. The highest BCUT2D eigenvalue weighted by Crippen LogP contribution is 2.21. The van der Waals surface area contributed by atoms with Crippen molar-refractivity contribution in [2.24, 2.45) is 5.14 Å². The van der Waals surface area contributed by atoms with Crippen LogP contribution >= 0.6 is 0 Å². The molecular weight excluding hydrogens is 304 g/mol. The summed E-state index contributed by atoms with van der Waals surface area (Å²) in [6, 6.07) is 15.9. The summed E-state index contributed by atoms with van der Waals surface area (Å²) in [6.45, 7) is 0. The molecular formula is C14H12N4O3S. The van der Waals surface area contributed by atoms with E-state index in [0.717, 1.165) is 11.3 Å². The molecule has 0 aliphatic carbocycles. The van der Waals surface area contributed by atoms with Gasteiger partial charge in [-0.2, -0.15) is 13.6 Å². The average molecular weight is 316 g/mol. The summed E-state index contributed by atoms with van der Waals surface area (Å²) in [4.78, 5) is 0. The number of para-hydroxylation sites is 1. The van der Waals surface area contributed by atoms with Crippen molar-refractivity contribution in [2.75, 3.05) is 0 Å². The zero-order chi connectivity index (χ0) is 15.6. The van der Waals surface area contributed by atoms with Crippen LogP contribution in [0.15, 0.2) is 60.8 Å². The molecule has 0 aliphatic rings. The van der Waals surface area contributed by atoms with Crippen LogP contribution in [0.25, 0.3) is 16.9 Å². The van der Waals surface area contributed by atoms with Crippen LogP contribution in [0.2, 0.25) is 0 Å². The fourth-order valence-corrected chi connectivity index (χ4v) is 2.30. The second-order valence-electron chi connectivity index (χ2n) is 4.48. The number of nitrogens with two attached hydrogens (primary N) is 1. The predicted molar refractivity (Wildman–Crippen MR) is 80.5 cm³/mol. The van der Waals surface area contributed by atoms with E-state index in [9.17, 15) is 8.42 Å². The van der Waals surface area contributed by atoms with Crippen LogP contribution in [0.1, 0.15) is 0 Å². The maximum Gasteiger partial charge on any atom is 0.380 e. The molecule has 2 aromatic carbocycles.